The predicted octanol–water partition coefficient (Wildman–Crippen LogP) is 1.14. The molecule has 2 rings (SSSR count). The number of aliphatic hydroxyl groups excluding tert-OH is 1. The number of ether oxygens (including phenoxy) is 1. The highest BCUT2D eigenvalue weighted by molar-refractivity contribution is 5.85. The molecule has 116 valence electrons. The zero-order chi connectivity index (χ0) is 15.6. The topological polar surface area (TPSA) is 61.8 Å². The van der Waals surface area contributed by atoms with E-state index >= 15 is 0 Å². The highest BCUT2D eigenvalue weighted by atomic mass is 19.1. The van der Waals surface area contributed by atoms with Gasteiger partial charge in [0.15, 0.2) is 0 Å². The minimum absolute atomic E-state index is 0.159. The highest BCUT2D eigenvalue weighted by Gasteiger charge is 2.31. The van der Waals surface area contributed by atoms with Crippen molar-refractivity contribution in [1.29, 1.82) is 0 Å². The molecule has 1 aliphatic heterocycles. The monoisotopic (exact) mass is 296 g/mol. The van der Waals surface area contributed by atoms with Crippen LogP contribution in [0.25, 0.3) is 0 Å². The first kappa shape index (κ1) is 15.7. The molecule has 0 saturated carbocycles. The van der Waals surface area contributed by atoms with Gasteiger partial charge in [0.2, 0.25) is 5.91 Å². The number of aryl methyl sites for hydroxylation is 1. The third kappa shape index (κ3) is 3.16. The van der Waals surface area contributed by atoms with E-state index in [1.54, 1.807) is 27.0 Å². The van der Waals surface area contributed by atoms with Crippen molar-refractivity contribution >= 4 is 11.6 Å². The first-order valence-electron chi connectivity index (χ1n) is 6.99. The number of carbonyl (C=O) groups excluding carboxylic acids is 1. The van der Waals surface area contributed by atoms with Crippen LogP contribution in [0.1, 0.15) is 24.2 Å². The number of rotatable bonds is 3. The zero-order valence-electron chi connectivity index (χ0n) is 12.5. The van der Waals surface area contributed by atoms with Crippen LogP contribution in [0, 0.1) is 12.7 Å². The maximum absolute atomic E-state index is 13.8. The Balaban J connectivity index is 2.47. The fourth-order valence-electron chi connectivity index (χ4n) is 2.54. The Labute approximate surface area is 123 Å². The Morgan fingerprint density at radius 2 is 2.29 bits per heavy atom. The van der Waals surface area contributed by atoms with Crippen molar-refractivity contribution in [3.05, 3.63) is 29.1 Å². The van der Waals surface area contributed by atoms with E-state index in [0.29, 0.717) is 30.0 Å². The van der Waals surface area contributed by atoms with Crippen LogP contribution in [0.15, 0.2) is 12.1 Å². The normalized spacial score (nSPS) is 20.2. The molecule has 1 aliphatic rings. The number of carbonyl (C=O) groups is 1. The van der Waals surface area contributed by atoms with Crippen molar-refractivity contribution in [1.82, 2.24) is 5.32 Å². The number of aliphatic hydroxyl groups is 1. The van der Waals surface area contributed by atoms with Gasteiger partial charge in [0.25, 0.3) is 0 Å². The van der Waals surface area contributed by atoms with E-state index in [0.717, 1.165) is 0 Å². The average molecular weight is 296 g/mol. The van der Waals surface area contributed by atoms with Crippen molar-refractivity contribution in [2.24, 2.45) is 0 Å². The van der Waals surface area contributed by atoms with E-state index in [9.17, 15) is 14.3 Å². The Morgan fingerprint density at radius 1 is 1.57 bits per heavy atom. The first-order chi connectivity index (χ1) is 9.95. The predicted molar refractivity (Wildman–Crippen MR) is 77.8 cm³/mol. The van der Waals surface area contributed by atoms with Gasteiger partial charge in [-0.3, -0.25) is 4.79 Å². The second kappa shape index (κ2) is 6.41. The summed E-state index contributed by atoms with van der Waals surface area (Å²) in [6.45, 7) is 4.53. The number of nitrogens with zero attached hydrogens (tertiary/aromatic N) is 1. The van der Waals surface area contributed by atoms with Gasteiger partial charge in [0, 0.05) is 24.8 Å². The quantitative estimate of drug-likeness (QED) is 0.878. The lowest BCUT2D eigenvalue weighted by atomic mass is 10.0. The second-order valence-corrected chi connectivity index (χ2v) is 5.23. The number of anilines is 1. The molecular weight excluding hydrogens is 275 g/mol. The summed E-state index contributed by atoms with van der Waals surface area (Å²) in [7, 11) is 1.57. The summed E-state index contributed by atoms with van der Waals surface area (Å²) in [5, 5.41) is 12.5. The van der Waals surface area contributed by atoms with Gasteiger partial charge in [-0.05, 0) is 31.5 Å². The third-order valence-corrected chi connectivity index (χ3v) is 3.74. The number of morpholine rings is 1. The molecule has 0 aromatic heterocycles. The van der Waals surface area contributed by atoms with Crippen LogP contribution >= 0.6 is 0 Å². The number of amides is 1. The molecule has 0 aliphatic carbocycles. The van der Waals surface area contributed by atoms with Crippen molar-refractivity contribution in [3.63, 3.8) is 0 Å². The molecule has 2 N–H and O–H groups in total. The van der Waals surface area contributed by atoms with Gasteiger partial charge in [-0.15, -0.1) is 0 Å². The number of benzene rings is 1. The number of hydrogen-bond acceptors (Lipinski definition) is 4. The summed E-state index contributed by atoms with van der Waals surface area (Å²) in [4.78, 5) is 13.9. The SMILES string of the molecule is CNC(=O)C1COCCN1c1cc(C)c(F)cc1C(C)O. The number of likely N-dealkylation sites (N-methyl/N-ethyl adjacent to an activating group) is 1. The summed E-state index contributed by atoms with van der Waals surface area (Å²) < 4.78 is 19.1. The molecule has 0 bridgehead atoms. The standard InChI is InChI=1S/C15H21FN2O3/c1-9-6-13(11(10(2)19)7-12(9)16)18-4-5-21-8-14(18)15(20)17-3/h6-7,10,14,19H,4-5,8H2,1-3H3,(H,17,20). The van der Waals surface area contributed by atoms with Crippen molar-refractivity contribution in [3.8, 4) is 0 Å². The molecule has 1 aromatic rings. The van der Waals surface area contributed by atoms with E-state index < -0.39 is 12.1 Å². The van der Waals surface area contributed by atoms with Gasteiger partial charge in [-0.2, -0.15) is 0 Å². The minimum Gasteiger partial charge on any atom is -0.389 e. The van der Waals surface area contributed by atoms with E-state index in [1.165, 1.54) is 6.07 Å². The average Bonchev–Trinajstić information content (AvgIpc) is 2.48. The molecule has 2 unspecified atom stereocenters. The highest BCUT2D eigenvalue weighted by Crippen LogP contribution is 2.31. The molecule has 21 heavy (non-hydrogen) atoms. The fraction of sp³-hybridized carbons (Fsp3) is 0.533. The second-order valence-electron chi connectivity index (χ2n) is 5.23. The Kier molecular flexibility index (Phi) is 4.80. The van der Waals surface area contributed by atoms with Crippen molar-refractivity contribution < 1.29 is 19.0 Å². The molecule has 5 nitrogen and oxygen atoms in total. The molecule has 0 radical (unpaired) electrons. The first-order valence-corrected chi connectivity index (χ1v) is 6.99. The van der Waals surface area contributed by atoms with Crippen LogP contribution < -0.4 is 10.2 Å². The summed E-state index contributed by atoms with van der Waals surface area (Å²) in [5.74, 6) is -0.521. The third-order valence-electron chi connectivity index (χ3n) is 3.74. The number of hydrogen-bond donors (Lipinski definition) is 2. The largest absolute Gasteiger partial charge is 0.389 e. The van der Waals surface area contributed by atoms with Crippen molar-refractivity contribution in [2.75, 3.05) is 31.7 Å². The fourth-order valence-corrected chi connectivity index (χ4v) is 2.54. The Hall–Kier alpha value is -1.66. The van der Waals surface area contributed by atoms with Crippen LogP contribution in [0.2, 0.25) is 0 Å². The van der Waals surface area contributed by atoms with Crippen LogP contribution in [0.4, 0.5) is 10.1 Å². The minimum atomic E-state index is -0.816. The smallest absolute Gasteiger partial charge is 0.244 e. The molecule has 1 saturated heterocycles. The van der Waals surface area contributed by atoms with Gasteiger partial charge in [-0.1, -0.05) is 0 Å². The number of nitrogens with one attached hydrogen (secondary N) is 1. The molecule has 1 fully saturated rings. The zero-order valence-corrected chi connectivity index (χ0v) is 12.5. The lowest BCUT2D eigenvalue weighted by Gasteiger charge is -2.37. The van der Waals surface area contributed by atoms with Gasteiger partial charge >= 0.3 is 0 Å². The van der Waals surface area contributed by atoms with E-state index in [2.05, 4.69) is 5.32 Å². The van der Waals surface area contributed by atoms with Crippen LogP contribution in [-0.4, -0.2) is 43.9 Å². The molecule has 1 heterocycles. The Bertz CT molecular complexity index is 534. The lowest BCUT2D eigenvalue weighted by Crippen LogP contribution is -2.53. The van der Waals surface area contributed by atoms with Gasteiger partial charge in [-0.25, -0.2) is 4.39 Å². The van der Waals surface area contributed by atoms with E-state index in [4.69, 9.17) is 4.74 Å². The lowest BCUT2D eigenvalue weighted by molar-refractivity contribution is -0.124. The summed E-state index contributed by atoms with van der Waals surface area (Å²) in [6, 6.07) is 2.54. The van der Waals surface area contributed by atoms with E-state index in [1.807, 2.05) is 4.90 Å². The molecule has 1 aromatic carbocycles. The van der Waals surface area contributed by atoms with Crippen molar-refractivity contribution in [2.45, 2.75) is 26.0 Å². The van der Waals surface area contributed by atoms with E-state index in [-0.39, 0.29) is 18.3 Å². The number of halogens is 1. The van der Waals surface area contributed by atoms with Crippen LogP contribution in [-0.2, 0) is 9.53 Å². The van der Waals surface area contributed by atoms with Crippen LogP contribution in [0.5, 0.6) is 0 Å². The molecule has 1 amide bonds. The maximum Gasteiger partial charge on any atom is 0.244 e. The van der Waals surface area contributed by atoms with Gasteiger partial charge in [0.1, 0.15) is 11.9 Å². The molecule has 2 atom stereocenters. The van der Waals surface area contributed by atoms with Gasteiger partial charge in [0.05, 0.1) is 19.3 Å². The van der Waals surface area contributed by atoms with Gasteiger partial charge < -0.3 is 20.1 Å². The summed E-state index contributed by atoms with van der Waals surface area (Å²) in [6.07, 6.45) is -0.816. The maximum atomic E-state index is 13.8. The van der Waals surface area contributed by atoms with Crippen LogP contribution in [0.3, 0.4) is 0 Å². The Morgan fingerprint density at radius 3 is 2.90 bits per heavy atom. The molecular formula is C15H21FN2O3. The summed E-state index contributed by atoms with van der Waals surface area (Å²) >= 11 is 0. The summed E-state index contributed by atoms with van der Waals surface area (Å²) in [5.41, 5.74) is 1.64. The molecule has 0 spiro atoms. The molecule has 6 heteroatoms.